The van der Waals surface area contributed by atoms with Gasteiger partial charge >= 0.3 is 0 Å². The SMILES string of the molecule is Cc1cccnc1-c1nc(N)nc(C(C)(C)C)n1. The van der Waals surface area contributed by atoms with Crippen LogP contribution in [0.3, 0.4) is 0 Å². The molecule has 5 nitrogen and oxygen atoms in total. The molecule has 0 fully saturated rings. The van der Waals surface area contributed by atoms with E-state index in [1.54, 1.807) is 6.20 Å². The molecule has 0 aromatic carbocycles. The Bertz CT molecular complexity index is 572. The first kappa shape index (κ1) is 12.4. The minimum atomic E-state index is -0.172. The van der Waals surface area contributed by atoms with Crippen molar-refractivity contribution in [2.24, 2.45) is 0 Å². The Kier molecular flexibility index (Phi) is 2.98. The van der Waals surface area contributed by atoms with E-state index in [2.05, 4.69) is 19.9 Å². The first-order chi connectivity index (χ1) is 8.38. The third kappa shape index (κ3) is 2.45. The third-order valence-electron chi connectivity index (χ3n) is 2.54. The van der Waals surface area contributed by atoms with E-state index in [-0.39, 0.29) is 11.4 Å². The van der Waals surface area contributed by atoms with Crippen molar-refractivity contribution < 1.29 is 0 Å². The van der Waals surface area contributed by atoms with Crippen molar-refractivity contribution in [2.75, 3.05) is 5.73 Å². The summed E-state index contributed by atoms with van der Waals surface area (Å²) in [6.07, 6.45) is 1.72. The van der Waals surface area contributed by atoms with Crippen LogP contribution in [0.4, 0.5) is 5.95 Å². The number of aryl methyl sites for hydroxylation is 1. The zero-order chi connectivity index (χ0) is 13.3. The highest BCUT2D eigenvalue weighted by atomic mass is 15.1. The average molecular weight is 243 g/mol. The Morgan fingerprint density at radius 3 is 2.44 bits per heavy atom. The molecule has 2 heterocycles. The van der Waals surface area contributed by atoms with Gasteiger partial charge in [0.25, 0.3) is 0 Å². The summed E-state index contributed by atoms with van der Waals surface area (Å²) in [7, 11) is 0. The van der Waals surface area contributed by atoms with Gasteiger partial charge < -0.3 is 5.73 Å². The van der Waals surface area contributed by atoms with Gasteiger partial charge in [0.1, 0.15) is 11.5 Å². The predicted molar refractivity (Wildman–Crippen MR) is 70.9 cm³/mol. The normalized spacial score (nSPS) is 11.6. The molecular weight excluding hydrogens is 226 g/mol. The summed E-state index contributed by atoms with van der Waals surface area (Å²) in [4.78, 5) is 17.1. The molecule has 0 aliphatic heterocycles. The Balaban J connectivity index is 2.60. The van der Waals surface area contributed by atoms with Crippen molar-refractivity contribution in [1.82, 2.24) is 19.9 Å². The Labute approximate surface area is 107 Å². The second-order valence-corrected chi connectivity index (χ2v) is 5.26. The van der Waals surface area contributed by atoms with E-state index in [0.717, 1.165) is 11.3 Å². The van der Waals surface area contributed by atoms with Crippen LogP contribution in [-0.4, -0.2) is 19.9 Å². The number of pyridine rings is 1. The van der Waals surface area contributed by atoms with Crippen molar-refractivity contribution in [3.8, 4) is 11.5 Å². The second kappa shape index (κ2) is 4.33. The number of hydrogen-bond donors (Lipinski definition) is 1. The zero-order valence-electron chi connectivity index (χ0n) is 11.1. The topological polar surface area (TPSA) is 77.6 Å². The molecule has 2 N–H and O–H groups in total. The molecule has 2 aromatic heterocycles. The molecule has 18 heavy (non-hydrogen) atoms. The number of anilines is 1. The number of nitrogens with zero attached hydrogens (tertiary/aromatic N) is 4. The van der Waals surface area contributed by atoms with E-state index in [9.17, 15) is 0 Å². The summed E-state index contributed by atoms with van der Waals surface area (Å²) in [6, 6.07) is 3.85. The maximum absolute atomic E-state index is 5.75. The molecule has 0 spiro atoms. The summed E-state index contributed by atoms with van der Waals surface area (Å²) in [5.74, 6) is 1.44. The molecule has 0 radical (unpaired) electrons. The van der Waals surface area contributed by atoms with Gasteiger partial charge in [-0.2, -0.15) is 9.97 Å². The number of hydrogen-bond acceptors (Lipinski definition) is 5. The van der Waals surface area contributed by atoms with Gasteiger partial charge in [-0.25, -0.2) is 4.98 Å². The highest BCUT2D eigenvalue weighted by Gasteiger charge is 2.20. The monoisotopic (exact) mass is 243 g/mol. The van der Waals surface area contributed by atoms with E-state index in [0.29, 0.717) is 11.6 Å². The number of aromatic nitrogens is 4. The van der Waals surface area contributed by atoms with Crippen molar-refractivity contribution in [3.63, 3.8) is 0 Å². The number of rotatable bonds is 1. The Morgan fingerprint density at radius 2 is 1.83 bits per heavy atom. The van der Waals surface area contributed by atoms with Crippen LogP contribution in [0, 0.1) is 6.92 Å². The second-order valence-electron chi connectivity index (χ2n) is 5.26. The fraction of sp³-hybridized carbons (Fsp3) is 0.385. The average Bonchev–Trinajstić information content (AvgIpc) is 2.27. The van der Waals surface area contributed by atoms with E-state index in [1.807, 2.05) is 39.8 Å². The van der Waals surface area contributed by atoms with Crippen molar-refractivity contribution in [2.45, 2.75) is 33.1 Å². The minimum absolute atomic E-state index is 0.172. The third-order valence-corrected chi connectivity index (χ3v) is 2.54. The standard InChI is InChI=1S/C13H17N5/c1-8-6-5-7-15-9(8)10-16-11(13(2,3)4)18-12(14)17-10/h5-7H,1-4H3,(H2,14,16,17,18). The minimum Gasteiger partial charge on any atom is -0.368 e. The van der Waals surface area contributed by atoms with Gasteiger partial charge in [0.15, 0.2) is 5.82 Å². The van der Waals surface area contributed by atoms with Gasteiger partial charge in [0.2, 0.25) is 5.95 Å². The van der Waals surface area contributed by atoms with Gasteiger partial charge in [-0.3, -0.25) is 4.98 Å². The van der Waals surface area contributed by atoms with Gasteiger partial charge in [-0.1, -0.05) is 26.8 Å². The fourth-order valence-electron chi connectivity index (χ4n) is 1.55. The molecule has 0 saturated carbocycles. The lowest BCUT2D eigenvalue weighted by Crippen LogP contribution is -2.18. The molecule has 0 aliphatic carbocycles. The van der Waals surface area contributed by atoms with Crippen LogP contribution in [0.2, 0.25) is 0 Å². The number of nitrogen functional groups attached to an aromatic ring is 1. The molecular formula is C13H17N5. The quantitative estimate of drug-likeness (QED) is 0.830. The van der Waals surface area contributed by atoms with Crippen LogP contribution in [-0.2, 0) is 5.41 Å². The fourth-order valence-corrected chi connectivity index (χ4v) is 1.55. The molecule has 0 atom stereocenters. The molecule has 2 aromatic rings. The lowest BCUT2D eigenvalue weighted by Gasteiger charge is -2.17. The highest BCUT2D eigenvalue weighted by molar-refractivity contribution is 5.55. The van der Waals surface area contributed by atoms with E-state index >= 15 is 0 Å². The highest BCUT2D eigenvalue weighted by Crippen LogP contribution is 2.22. The van der Waals surface area contributed by atoms with Gasteiger partial charge in [0.05, 0.1) is 0 Å². The summed E-state index contributed by atoms with van der Waals surface area (Å²) in [5, 5.41) is 0. The molecule has 5 heteroatoms. The predicted octanol–water partition coefficient (Wildman–Crippen LogP) is 2.12. The summed E-state index contributed by atoms with van der Waals surface area (Å²) >= 11 is 0. The van der Waals surface area contributed by atoms with Crippen LogP contribution in [0.1, 0.15) is 32.2 Å². The van der Waals surface area contributed by atoms with E-state index < -0.39 is 0 Å². The largest absolute Gasteiger partial charge is 0.368 e. The van der Waals surface area contributed by atoms with Crippen molar-refractivity contribution in [3.05, 3.63) is 29.7 Å². The molecule has 94 valence electrons. The zero-order valence-corrected chi connectivity index (χ0v) is 11.1. The van der Waals surface area contributed by atoms with Crippen molar-refractivity contribution >= 4 is 5.95 Å². The molecule has 0 aliphatic rings. The lowest BCUT2D eigenvalue weighted by molar-refractivity contribution is 0.544. The van der Waals surface area contributed by atoms with Gasteiger partial charge in [-0.15, -0.1) is 0 Å². The van der Waals surface area contributed by atoms with E-state index in [4.69, 9.17) is 5.73 Å². The molecule has 2 rings (SSSR count). The first-order valence-corrected chi connectivity index (χ1v) is 5.82. The van der Waals surface area contributed by atoms with E-state index in [1.165, 1.54) is 0 Å². The van der Waals surface area contributed by atoms with Gasteiger partial charge in [-0.05, 0) is 18.6 Å². The number of nitrogens with two attached hydrogens (primary N) is 1. The Hall–Kier alpha value is -2.04. The first-order valence-electron chi connectivity index (χ1n) is 5.82. The van der Waals surface area contributed by atoms with Gasteiger partial charge in [0, 0.05) is 11.6 Å². The van der Waals surface area contributed by atoms with Crippen LogP contribution >= 0.6 is 0 Å². The summed E-state index contributed by atoms with van der Waals surface area (Å²) in [6.45, 7) is 8.09. The molecule has 0 unspecified atom stereocenters. The van der Waals surface area contributed by atoms with Crippen molar-refractivity contribution in [1.29, 1.82) is 0 Å². The Morgan fingerprint density at radius 1 is 1.11 bits per heavy atom. The summed E-state index contributed by atoms with van der Waals surface area (Å²) < 4.78 is 0. The maximum atomic E-state index is 5.75. The smallest absolute Gasteiger partial charge is 0.223 e. The molecule has 0 bridgehead atoms. The van der Waals surface area contributed by atoms with Crippen LogP contribution in [0.5, 0.6) is 0 Å². The summed E-state index contributed by atoms with van der Waals surface area (Å²) in [5.41, 5.74) is 7.35. The maximum Gasteiger partial charge on any atom is 0.223 e. The van der Waals surface area contributed by atoms with Crippen LogP contribution in [0.15, 0.2) is 18.3 Å². The van der Waals surface area contributed by atoms with Crippen LogP contribution < -0.4 is 5.73 Å². The molecule has 0 amide bonds. The molecule has 0 saturated heterocycles. The lowest BCUT2D eigenvalue weighted by atomic mass is 9.96. The van der Waals surface area contributed by atoms with Crippen LogP contribution in [0.25, 0.3) is 11.5 Å².